The topological polar surface area (TPSA) is 156 Å². The Kier molecular flexibility index (Phi) is 7.71. The molecule has 0 aliphatic carbocycles. The highest BCUT2D eigenvalue weighted by Crippen LogP contribution is 2.20. The van der Waals surface area contributed by atoms with E-state index < -0.39 is 11.9 Å². The van der Waals surface area contributed by atoms with E-state index in [4.69, 9.17) is 9.47 Å². The summed E-state index contributed by atoms with van der Waals surface area (Å²) in [4.78, 5) is 40.2. The van der Waals surface area contributed by atoms with Gasteiger partial charge in [0, 0.05) is 12.1 Å². The third-order valence-corrected chi connectivity index (χ3v) is 5.05. The molecule has 0 aliphatic rings. The standard InChI is InChI=1S/C21H30N10O4/c1-9-34-17(32)15-13(7)30(27-25-15)20-22-19(29(11(3)4)12(5)6)23-21(24-20)31-14(8)16(26-28-31)18(33)35-10-2/h11-12H,9-10H2,1-8H3. The van der Waals surface area contributed by atoms with Gasteiger partial charge in [0.2, 0.25) is 5.95 Å². The Morgan fingerprint density at radius 1 is 0.771 bits per heavy atom. The van der Waals surface area contributed by atoms with E-state index >= 15 is 0 Å². The first-order chi connectivity index (χ1) is 16.6. The molecule has 14 nitrogen and oxygen atoms in total. The molecule has 0 spiro atoms. The highest BCUT2D eigenvalue weighted by molar-refractivity contribution is 5.88. The zero-order valence-corrected chi connectivity index (χ0v) is 21.2. The number of nitrogens with zero attached hydrogens (tertiary/aromatic N) is 10. The lowest BCUT2D eigenvalue weighted by molar-refractivity contribution is 0.0509. The van der Waals surface area contributed by atoms with Gasteiger partial charge in [0.05, 0.1) is 24.6 Å². The molecule has 0 saturated heterocycles. The molecule has 3 aromatic heterocycles. The van der Waals surface area contributed by atoms with Crippen molar-refractivity contribution in [3.63, 3.8) is 0 Å². The van der Waals surface area contributed by atoms with Crippen molar-refractivity contribution >= 4 is 17.9 Å². The van der Waals surface area contributed by atoms with Gasteiger partial charge in [0.15, 0.2) is 11.4 Å². The van der Waals surface area contributed by atoms with Gasteiger partial charge in [-0.15, -0.1) is 10.2 Å². The summed E-state index contributed by atoms with van der Waals surface area (Å²) in [6, 6.07) is 0.106. The number of hydrogen-bond donors (Lipinski definition) is 0. The molecule has 0 bridgehead atoms. The first-order valence-electron chi connectivity index (χ1n) is 11.3. The van der Waals surface area contributed by atoms with Crippen molar-refractivity contribution < 1.29 is 19.1 Å². The summed E-state index contributed by atoms with van der Waals surface area (Å²) in [6.45, 7) is 15.2. The summed E-state index contributed by atoms with van der Waals surface area (Å²) >= 11 is 0. The van der Waals surface area contributed by atoms with Gasteiger partial charge in [-0.3, -0.25) is 0 Å². The van der Waals surface area contributed by atoms with E-state index in [0.29, 0.717) is 17.3 Å². The van der Waals surface area contributed by atoms with E-state index in [2.05, 4.69) is 35.6 Å². The normalized spacial score (nSPS) is 11.3. The summed E-state index contributed by atoms with van der Waals surface area (Å²) in [6.07, 6.45) is 0. The third-order valence-electron chi connectivity index (χ3n) is 5.05. The summed E-state index contributed by atoms with van der Waals surface area (Å²) in [5, 5.41) is 16.0. The van der Waals surface area contributed by atoms with Gasteiger partial charge >= 0.3 is 11.9 Å². The number of hydrogen-bond acceptors (Lipinski definition) is 12. The fourth-order valence-electron chi connectivity index (χ4n) is 3.52. The summed E-state index contributed by atoms with van der Waals surface area (Å²) in [5.74, 6) is -0.602. The second kappa shape index (κ2) is 10.5. The number of esters is 2. The van der Waals surface area contributed by atoms with Gasteiger partial charge in [0.25, 0.3) is 11.9 Å². The molecule has 0 saturated carbocycles. The van der Waals surface area contributed by atoms with Crippen molar-refractivity contribution in [3.05, 3.63) is 22.8 Å². The first kappa shape index (κ1) is 25.6. The highest BCUT2D eigenvalue weighted by atomic mass is 16.5. The second-order valence-corrected chi connectivity index (χ2v) is 8.14. The van der Waals surface area contributed by atoms with Crippen LogP contribution in [-0.2, 0) is 9.47 Å². The first-order valence-corrected chi connectivity index (χ1v) is 11.3. The number of anilines is 1. The van der Waals surface area contributed by atoms with Crippen LogP contribution in [0.1, 0.15) is 73.9 Å². The Labute approximate surface area is 202 Å². The van der Waals surface area contributed by atoms with Crippen LogP contribution in [0, 0.1) is 13.8 Å². The molecule has 188 valence electrons. The number of carbonyl (C=O) groups excluding carboxylic acids is 2. The van der Waals surface area contributed by atoms with Crippen LogP contribution < -0.4 is 4.90 Å². The Hall–Kier alpha value is -3.97. The van der Waals surface area contributed by atoms with Gasteiger partial charge < -0.3 is 14.4 Å². The minimum atomic E-state index is -0.595. The van der Waals surface area contributed by atoms with E-state index in [1.165, 1.54) is 9.36 Å². The average molecular weight is 487 g/mol. The maximum Gasteiger partial charge on any atom is 0.360 e. The van der Waals surface area contributed by atoms with Gasteiger partial charge in [-0.05, 0) is 55.4 Å². The van der Waals surface area contributed by atoms with Gasteiger partial charge in [-0.25, -0.2) is 9.59 Å². The molecule has 0 unspecified atom stereocenters. The molecule has 14 heteroatoms. The van der Waals surface area contributed by atoms with Crippen molar-refractivity contribution in [2.45, 2.75) is 67.5 Å². The molecule has 0 fully saturated rings. The van der Waals surface area contributed by atoms with Crippen LogP contribution in [-0.4, -0.2) is 82.2 Å². The molecule has 0 atom stereocenters. The van der Waals surface area contributed by atoms with Crippen molar-refractivity contribution in [2.75, 3.05) is 18.1 Å². The predicted octanol–water partition coefficient (Wildman–Crippen LogP) is 1.63. The second-order valence-electron chi connectivity index (χ2n) is 8.14. The molecule has 0 radical (unpaired) electrons. The van der Waals surface area contributed by atoms with E-state index in [1.807, 2.05) is 32.6 Å². The van der Waals surface area contributed by atoms with Crippen molar-refractivity contribution in [1.29, 1.82) is 0 Å². The molecule has 0 aliphatic heterocycles. The van der Waals surface area contributed by atoms with Crippen LogP contribution in [0.4, 0.5) is 5.95 Å². The predicted molar refractivity (Wildman–Crippen MR) is 124 cm³/mol. The maximum atomic E-state index is 12.3. The Balaban J connectivity index is 2.20. The van der Waals surface area contributed by atoms with Crippen molar-refractivity contribution in [1.82, 2.24) is 44.9 Å². The summed E-state index contributed by atoms with van der Waals surface area (Å²) < 4.78 is 12.8. The van der Waals surface area contributed by atoms with Crippen LogP contribution in [0.25, 0.3) is 11.9 Å². The minimum Gasteiger partial charge on any atom is -0.461 e. The zero-order chi connectivity index (χ0) is 25.9. The molecule has 0 amide bonds. The number of aromatic nitrogens is 9. The van der Waals surface area contributed by atoms with Crippen molar-refractivity contribution in [2.24, 2.45) is 0 Å². The molecule has 3 aromatic rings. The minimum absolute atomic E-state index is 0.0528. The quantitative estimate of drug-likeness (QED) is 0.403. The SMILES string of the molecule is CCOC(=O)c1nnn(-c2nc(N(C(C)C)C(C)C)nc(-n3nnc(C(=O)OCC)c3C)n2)c1C. The van der Waals surface area contributed by atoms with Crippen LogP contribution in [0.15, 0.2) is 0 Å². The largest absolute Gasteiger partial charge is 0.461 e. The van der Waals surface area contributed by atoms with Gasteiger partial charge in [-0.1, -0.05) is 10.4 Å². The lowest BCUT2D eigenvalue weighted by atomic mass is 10.2. The summed E-state index contributed by atoms with van der Waals surface area (Å²) in [7, 11) is 0. The molecule has 35 heavy (non-hydrogen) atoms. The lowest BCUT2D eigenvalue weighted by Gasteiger charge is -2.30. The Morgan fingerprint density at radius 2 is 1.17 bits per heavy atom. The Bertz CT molecular complexity index is 1130. The van der Waals surface area contributed by atoms with Crippen LogP contribution in [0.2, 0.25) is 0 Å². The smallest absolute Gasteiger partial charge is 0.360 e. The fraction of sp³-hybridized carbons (Fsp3) is 0.571. The highest BCUT2D eigenvalue weighted by Gasteiger charge is 2.26. The van der Waals surface area contributed by atoms with Gasteiger partial charge in [0.1, 0.15) is 0 Å². The average Bonchev–Trinajstić information content (AvgIpc) is 3.36. The van der Waals surface area contributed by atoms with Crippen LogP contribution in [0.5, 0.6) is 0 Å². The van der Waals surface area contributed by atoms with Crippen LogP contribution in [0.3, 0.4) is 0 Å². The van der Waals surface area contributed by atoms with E-state index in [9.17, 15) is 9.59 Å². The number of ether oxygens (including phenoxy) is 2. The third kappa shape index (κ3) is 5.10. The maximum absolute atomic E-state index is 12.3. The van der Waals surface area contributed by atoms with Crippen LogP contribution >= 0.6 is 0 Å². The van der Waals surface area contributed by atoms with Crippen molar-refractivity contribution in [3.8, 4) is 11.9 Å². The monoisotopic (exact) mass is 486 g/mol. The Morgan fingerprint density at radius 3 is 1.51 bits per heavy atom. The molecular weight excluding hydrogens is 456 g/mol. The number of carbonyl (C=O) groups is 2. The lowest BCUT2D eigenvalue weighted by Crippen LogP contribution is -2.39. The van der Waals surface area contributed by atoms with E-state index in [-0.39, 0.29) is 48.6 Å². The molecule has 3 heterocycles. The fourth-order valence-corrected chi connectivity index (χ4v) is 3.52. The van der Waals surface area contributed by atoms with E-state index in [0.717, 1.165) is 0 Å². The zero-order valence-electron chi connectivity index (χ0n) is 21.2. The molecular formula is C21H30N10O4. The summed E-state index contributed by atoms with van der Waals surface area (Å²) in [5.41, 5.74) is 0.910. The van der Waals surface area contributed by atoms with Gasteiger partial charge in [-0.2, -0.15) is 24.3 Å². The molecule has 3 rings (SSSR count). The molecule has 0 N–H and O–H groups in total. The molecule has 0 aromatic carbocycles. The number of rotatable bonds is 9. The van der Waals surface area contributed by atoms with E-state index in [1.54, 1.807) is 27.7 Å².